The van der Waals surface area contributed by atoms with E-state index in [2.05, 4.69) is 86.1 Å². The Morgan fingerprint density at radius 1 is 0.794 bits per heavy atom. The maximum Gasteiger partial charge on any atom is 0.149 e. The maximum absolute atomic E-state index is 4.59. The van der Waals surface area contributed by atoms with Gasteiger partial charge in [0.05, 0.1) is 0 Å². The average Bonchev–Trinajstić information content (AvgIpc) is 2.91. The van der Waals surface area contributed by atoms with Crippen LogP contribution in [0.4, 0.5) is 5.82 Å². The predicted molar refractivity (Wildman–Crippen MR) is 138 cm³/mol. The van der Waals surface area contributed by atoms with Gasteiger partial charge in [-0.05, 0) is 67.6 Å². The SMILES string of the molecule is c1ccc(CN2CCC(CCNc3cc(-c4ccccc4)c(-c4ccncc4)nn3)CC2)cc1. The summed E-state index contributed by atoms with van der Waals surface area (Å²) in [5, 5.41) is 12.6. The molecule has 2 aromatic heterocycles. The second-order valence-electron chi connectivity index (χ2n) is 9.01. The fourth-order valence-electron chi connectivity index (χ4n) is 4.72. The van der Waals surface area contributed by atoms with Crippen molar-refractivity contribution in [2.24, 2.45) is 5.92 Å². The van der Waals surface area contributed by atoms with Gasteiger partial charge in [-0.2, -0.15) is 0 Å². The van der Waals surface area contributed by atoms with Gasteiger partial charge in [-0.25, -0.2) is 0 Å². The highest BCUT2D eigenvalue weighted by molar-refractivity contribution is 5.81. The number of pyridine rings is 1. The molecular weight excluding hydrogens is 418 g/mol. The molecule has 0 bridgehead atoms. The number of hydrogen-bond donors (Lipinski definition) is 1. The van der Waals surface area contributed by atoms with Crippen LogP contribution in [-0.2, 0) is 6.54 Å². The Labute approximate surface area is 201 Å². The minimum atomic E-state index is 0.761. The van der Waals surface area contributed by atoms with Crippen molar-refractivity contribution in [2.75, 3.05) is 25.0 Å². The largest absolute Gasteiger partial charge is 0.369 e. The number of hydrogen-bond acceptors (Lipinski definition) is 5. The number of rotatable bonds is 8. The third kappa shape index (κ3) is 5.67. The van der Waals surface area contributed by atoms with E-state index >= 15 is 0 Å². The van der Waals surface area contributed by atoms with Crippen molar-refractivity contribution in [1.29, 1.82) is 0 Å². The summed E-state index contributed by atoms with van der Waals surface area (Å²) in [6, 6.07) is 27.3. The van der Waals surface area contributed by atoms with Crippen molar-refractivity contribution in [2.45, 2.75) is 25.8 Å². The maximum atomic E-state index is 4.59. The molecule has 5 rings (SSSR count). The Morgan fingerprint density at radius 3 is 2.24 bits per heavy atom. The number of anilines is 1. The molecule has 172 valence electrons. The standard InChI is InChI=1S/C29H31N5/c1-3-7-24(8-4-1)22-34-19-14-23(15-20-34)11-18-31-28-21-27(25-9-5-2-6-10-25)29(33-32-28)26-12-16-30-17-13-26/h1-10,12-13,16-17,21,23H,11,14-15,18-20,22H2,(H,31,32). The molecule has 34 heavy (non-hydrogen) atoms. The molecule has 1 N–H and O–H groups in total. The highest BCUT2D eigenvalue weighted by Gasteiger charge is 2.19. The number of nitrogens with zero attached hydrogens (tertiary/aromatic N) is 4. The molecule has 0 amide bonds. The van der Waals surface area contributed by atoms with Crippen LogP contribution in [0.25, 0.3) is 22.4 Å². The average molecular weight is 450 g/mol. The monoisotopic (exact) mass is 449 g/mol. The molecule has 5 heteroatoms. The zero-order valence-corrected chi connectivity index (χ0v) is 19.5. The fraction of sp³-hybridized carbons (Fsp3) is 0.276. The van der Waals surface area contributed by atoms with Gasteiger partial charge in [-0.15, -0.1) is 10.2 Å². The van der Waals surface area contributed by atoms with Crippen molar-refractivity contribution < 1.29 is 0 Å². The molecule has 0 aliphatic carbocycles. The summed E-state index contributed by atoms with van der Waals surface area (Å²) in [4.78, 5) is 6.72. The normalized spacial score (nSPS) is 14.7. The van der Waals surface area contributed by atoms with Crippen LogP contribution >= 0.6 is 0 Å². The first-order valence-electron chi connectivity index (χ1n) is 12.2. The van der Waals surface area contributed by atoms with Crippen molar-refractivity contribution in [3.8, 4) is 22.4 Å². The molecule has 0 saturated carbocycles. The molecule has 1 aliphatic heterocycles. The van der Waals surface area contributed by atoms with E-state index in [1.807, 2.05) is 18.2 Å². The van der Waals surface area contributed by atoms with Crippen molar-refractivity contribution in [3.05, 3.63) is 96.8 Å². The van der Waals surface area contributed by atoms with Gasteiger partial charge in [-0.3, -0.25) is 9.88 Å². The summed E-state index contributed by atoms with van der Waals surface area (Å²) in [5.41, 5.74) is 5.53. The van der Waals surface area contributed by atoms with E-state index in [4.69, 9.17) is 0 Å². The molecular formula is C29H31N5. The fourth-order valence-corrected chi connectivity index (χ4v) is 4.72. The zero-order valence-electron chi connectivity index (χ0n) is 19.5. The van der Waals surface area contributed by atoms with Gasteiger partial charge in [0.15, 0.2) is 0 Å². The lowest BCUT2D eigenvalue weighted by molar-refractivity contribution is 0.174. The van der Waals surface area contributed by atoms with E-state index < -0.39 is 0 Å². The van der Waals surface area contributed by atoms with E-state index in [0.29, 0.717) is 0 Å². The van der Waals surface area contributed by atoms with Crippen molar-refractivity contribution in [3.63, 3.8) is 0 Å². The highest BCUT2D eigenvalue weighted by Crippen LogP contribution is 2.31. The van der Waals surface area contributed by atoms with E-state index in [0.717, 1.165) is 53.6 Å². The molecule has 4 aromatic rings. The van der Waals surface area contributed by atoms with Crippen LogP contribution in [-0.4, -0.2) is 39.7 Å². The first-order chi connectivity index (χ1) is 16.8. The van der Waals surface area contributed by atoms with Gasteiger partial charge in [0.1, 0.15) is 11.5 Å². The lowest BCUT2D eigenvalue weighted by Gasteiger charge is -2.32. The van der Waals surface area contributed by atoms with Crippen LogP contribution in [0.5, 0.6) is 0 Å². The summed E-state index contributed by atoms with van der Waals surface area (Å²) < 4.78 is 0. The Bertz CT molecular complexity index is 1160. The third-order valence-corrected chi connectivity index (χ3v) is 6.65. The molecule has 0 radical (unpaired) electrons. The minimum absolute atomic E-state index is 0.761. The molecule has 2 aromatic carbocycles. The van der Waals surface area contributed by atoms with Gasteiger partial charge in [-0.1, -0.05) is 60.7 Å². The van der Waals surface area contributed by atoms with Crippen LogP contribution in [0.15, 0.2) is 91.3 Å². The molecule has 1 aliphatic rings. The Morgan fingerprint density at radius 2 is 1.50 bits per heavy atom. The number of benzene rings is 2. The van der Waals surface area contributed by atoms with Gasteiger partial charge in [0, 0.05) is 36.6 Å². The first-order valence-corrected chi connectivity index (χ1v) is 12.2. The summed E-state index contributed by atoms with van der Waals surface area (Å²) in [7, 11) is 0. The summed E-state index contributed by atoms with van der Waals surface area (Å²) in [5.74, 6) is 1.59. The molecule has 0 spiro atoms. The van der Waals surface area contributed by atoms with Gasteiger partial charge in [0.2, 0.25) is 0 Å². The Balaban J connectivity index is 1.18. The first kappa shape index (κ1) is 22.2. The van der Waals surface area contributed by atoms with Gasteiger partial charge < -0.3 is 5.32 Å². The van der Waals surface area contributed by atoms with Crippen LogP contribution in [0, 0.1) is 5.92 Å². The number of aromatic nitrogens is 3. The number of nitrogens with one attached hydrogen (secondary N) is 1. The van der Waals surface area contributed by atoms with E-state index in [1.54, 1.807) is 12.4 Å². The van der Waals surface area contributed by atoms with Crippen molar-refractivity contribution >= 4 is 5.82 Å². The predicted octanol–water partition coefficient (Wildman–Crippen LogP) is 5.92. The van der Waals surface area contributed by atoms with E-state index in [-0.39, 0.29) is 0 Å². The second-order valence-corrected chi connectivity index (χ2v) is 9.01. The van der Waals surface area contributed by atoms with Crippen LogP contribution in [0.2, 0.25) is 0 Å². The third-order valence-electron chi connectivity index (χ3n) is 6.65. The van der Waals surface area contributed by atoms with Crippen LogP contribution in [0.3, 0.4) is 0 Å². The molecule has 0 unspecified atom stereocenters. The van der Waals surface area contributed by atoms with E-state index in [9.17, 15) is 0 Å². The lowest BCUT2D eigenvalue weighted by atomic mass is 9.93. The second kappa shape index (κ2) is 11.0. The smallest absolute Gasteiger partial charge is 0.149 e. The Kier molecular flexibility index (Phi) is 7.22. The number of piperidine rings is 1. The Hall–Kier alpha value is -3.57. The van der Waals surface area contributed by atoms with Crippen molar-refractivity contribution in [1.82, 2.24) is 20.1 Å². The van der Waals surface area contributed by atoms with Gasteiger partial charge >= 0.3 is 0 Å². The molecule has 5 nitrogen and oxygen atoms in total. The summed E-state index contributed by atoms with van der Waals surface area (Å²) in [6.07, 6.45) is 7.27. The topological polar surface area (TPSA) is 53.9 Å². The number of likely N-dealkylation sites (tertiary alicyclic amines) is 1. The zero-order chi connectivity index (χ0) is 23.0. The van der Waals surface area contributed by atoms with Crippen LogP contribution in [0.1, 0.15) is 24.8 Å². The van der Waals surface area contributed by atoms with Crippen LogP contribution < -0.4 is 5.32 Å². The summed E-state index contributed by atoms with van der Waals surface area (Å²) >= 11 is 0. The molecule has 0 atom stereocenters. The molecule has 1 saturated heterocycles. The lowest BCUT2D eigenvalue weighted by Crippen LogP contribution is -2.33. The summed E-state index contributed by atoms with van der Waals surface area (Å²) in [6.45, 7) is 4.34. The molecule has 1 fully saturated rings. The molecule has 3 heterocycles. The minimum Gasteiger partial charge on any atom is -0.369 e. The highest BCUT2D eigenvalue weighted by atomic mass is 15.2. The quantitative estimate of drug-likeness (QED) is 0.362. The van der Waals surface area contributed by atoms with Gasteiger partial charge in [0.25, 0.3) is 0 Å². The van der Waals surface area contributed by atoms with E-state index in [1.165, 1.54) is 31.5 Å².